The van der Waals surface area contributed by atoms with Crippen molar-refractivity contribution < 1.29 is 38.0 Å². The molecule has 0 saturated carbocycles. The number of ether oxygens (including phenoxy) is 6. The van der Waals surface area contributed by atoms with E-state index in [1.54, 1.807) is 7.11 Å². The van der Waals surface area contributed by atoms with Crippen LogP contribution in [-0.4, -0.2) is 114 Å². The Morgan fingerprint density at radius 3 is 2.20 bits per heavy atom. The van der Waals surface area contributed by atoms with Crippen molar-refractivity contribution in [1.82, 2.24) is 9.80 Å². The minimum absolute atomic E-state index is 0.0422. The second kappa shape index (κ2) is 15.5. The molecule has 10 heteroatoms. The van der Waals surface area contributed by atoms with Crippen LogP contribution >= 0.6 is 0 Å². The molecule has 2 fully saturated rings. The number of fused-ring (bicyclic) bond motifs is 1. The summed E-state index contributed by atoms with van der Waals surface area (Å²) in [5.41, 5.74) is 4.26. The highest BCUT2D eigenvalue weighted by molar-refractivity contribution is 6.03. The van der Waals surface area contributed by atoms with E-state index in [9.17, 15) is 9.59 Å². The van der Waals surface area contributed by atoms with Crippen LogP contribution < -0.4 is 9.47 Å². The van der Waals surface area contributed by atoms with Gasteiger partial charge < -0.3 is 28.4 Å². The topological polar surface area (TPSA) is 96.0 Å². The van der Waals surface area contributed by atoms with Gasteiger partial charge in [-0.25, -0.2) is 0 Å². The number of methoxy groups -OCH3 is 1. The zero-order chi connectivity index (χ0) is 28.3. The fourth-order valence-electron chi connectivity index (χ4n) is 5.32. The third-order valence-corrected chi connectivity index (χ3v) is 7.74. The Hall–Kier alpha value is -2.50. The maximum atomic E-state index is 13.0. The summed E-state index contributed by atoms with van der Waals surface area (Å²) in [6.45, 7) is 13.1. The minimum atomic E-state index is -0.194. The highest BCUT2D eigenvalue weighted by atomic mass is 16.5. The number of benzene rings is 1. The van der Waals surface area contributed by atoms with Gasteiger partial charge in [0.15, 0.2) is 5.78 Å². The number of ketones is 1. The average Bonchev–Trinajstić information content (AvgIpc) is 2.97. The molecular weight excluding hydrogens is 516 g/mol. The van der Waals surface area contributed by atoms with Crippen LogP contribution in [0, 0.1) is 6.92 Å². The molecule has 40 heavy (non-hydrogen) atoms. The number of hydrogen-bond donors (Lipinski definition) is 0. The van der Waals surface area contributed by atoms with Gasteiger partial charge in [-0.2, -0.15) is 0 Å². The molecule has 3 aliphatic rings. The smallest absolute Gasteiger partial charge is 0.306 e. The lowest BCUT2D eigenvalue weighted by atomic mass is 9.90. The highest BCUT2D eigenvalue weighted by Crippen LogP contribution is 2.41. The first-order chi connectivity index (χ1) is 19.5. The van der Waals surface area contributed by atoms with E-state index in [2.05, 4.69) is 15.9 Å². The standard InChI is InChI=1S/C30H44N2O8/c1-22(5-7-27(34)39-18-12-31-8-14-36-15-9-31)4-6-24-29(35-3)23(2)25-20-38-21-26(33)28(25)30(24)40-19-13-32-10-16-37-17-11-32/h4H,5-21H2,1-3H3/b22-4+. The normalized spacial score (nSPS) is 18.9. The molecule has 0 spiro atoms. The van der Waals surface area contributed by atoms with Gasteiger partial charge in [0, 0.05) is 51.3 Å². The molecule has 0 amide bonds. The van der Waals surface area contributed by atoms with E-state index >= 15 is 0 Å². The number of allylic oxidation sites excluding steroid dienone is 2. The molecule has 0 radical (unpaired) electrons. The molecule has 10 nitrogen and oxygen atoms in total. The maximum Gasteiger partial charge on any atom is 0.306 e. The van der Waals surface area contributed by atoms with Gasteiger partial charge in [-0.3, -0.25) is 19.4 Å². The van der Waals surface area contributed by atoms with Crippen LogP contribution in [0.15, 0.2) is 11.6 Å². The number of hydrogen-bond acceptors (Lipinski definition) is 10. The van der Waals surface area contributed by atoms with Crippen molar-refractivity contribution in [3.05, 3.63) is 33.9 Å². The summed E-state index contributed by atoms with van der Waals surface area (Å²) in [6, 6.07) is 0. The second-order valence-corrected chi connectivity index (χ2v) is 10.5. The number of esters is 1. The first kappa shape index (κ1) is 30.5. The van der Waals surface area contributed by atoms with Gasteiger partial charge in [0.1, 0.15) is 31.3 Å². The van der Waals surface area contributed by atoms with E-state index in [1.807, 2.05) is 13.8 Å². The summed E-state index contributed by atoms with van der Waals surface area (Å²) in [4.78, 5) is 29.9. The van der Waals surface area contributed by atoms with Crippen LogP contribution in [0.5, 0.6) is 11.5 Å². The van der Waals surface area contributed by atoms with E-state index in [0.717, 1.165) is 88.0 Å². The number of carbonyl (C=O) groups excluding carboxylic acids is 2. The third-order valence-electron chi connectivity index (χ3n) is 7.74. The Labute approximate surface area is 237 Å². The fraction of sp³-hybridized carbons (Fsp3) is 0.667. The van der Waals surface area contributed by atoms with Gasteiger partial charge >= 0.3 is 5.97 Å². The molecular formula is C30H44N2O8. The summed E-state index contributed by atoms with van der Waals surface area (Å²) in [7, 11) is 1.64. The Balaban J connectivity index is 1.41. The lowest BCUT2D eigenvalue weighted by Crippen LogP contribution is -2.38. The van der Waals surface area contributed by atoms with Crippen LogP contribution in [-0.2, 0) is 36.8 Å². The summed E-state index contributed by atoms with van der Waals surface area (Å²) < 4.78 is 34.0. The molecule has 0 aliphatic carbocycles. The molecule has 1 aromatic carbocycles. The third kappa shape index (κ3) is 8.27. The van der Waals surface area contributed by atoms with E-state index in [4.69, 9.17) is 28.4 Å². The number of morpholine rings is 2. The first-order valence-corrected chi connectivity index (χ1v) is 14.4. The molecule has 4 rings (SSSR count). The first-order valence-electron chi connectivity index (χ1n) is 14.4. The van der Waals surface area contributed by atoms with Crippen LogP contribution in [0.1, 0.15) is 46.8 Å². The summed E-state index contributed by atoms with van der Waals surface area (Å²) in [6.07, 6.45) is 3.53. The largest absolute Gasteiger partial charge is 0.496 e. The molecule has 1 aromatic rings. The Kier molecular flexibility index (Phi) is 11.8. The molecule has 0 bridgehead atoms. The molecule has 0 aromatic heterocycles. The zero-order valence-corrected chi connectivity index (χ0v) is 24.3. The van der Waals surface area contributed by atoms with E-state index in [1.165, 1.54) is 0 Å². The summed E-state index contributed by atoms with van der Waals surface area (Å²) in [5, 5.41) is 0. The van der Waals surface area contributed by atoms with Crippen molar-refractivity contribution >= 4 is 11.8 Å². The van der Waals surface area contributed by atoms with Gasteiger partial charge in [-0.1, -0.05) is 11.6 Å². The minimum Gasteiger partial charge on any atom is -0.496 e. The fourth-order valence-corrected chi connectivity index (χ4v) is 5.32. The highest BCUT2D eigenvalue weighted by Gasteiger charge is 2.30. The van der Waals surface area contributed by atoms with Gasteiger partial charge in [-0.15, -0.1) is 0 Å². The van der Waals surface area contributed by atoms with E-state index in [-0.39, 0.29) is 18.4 Å². The van der Waals surface area contributed by atoms with Crippen molar-refractivity contribution in [2.24, 2.45) is 0 Å². The lowest BCUT2D eigenvalue weighted by molar-refractivity contribution is -0.144. The average molecular weight is 561 g/mol. The maximum absolute atomic E-state index is 13.0. The van der Waals surface area contributed by atoms with Crippen molar-refractivity contribution in [1.29, 1.82) is 0 Å². The lowest BCUT2D eigenvalue weighted by Gasteiger charge is -2.28. The predicted molar refractivity (Wildman–Crippen MR) is 149 cm³/mol. The van der Waals surface area contributed by atoms with Gasteiger partial charge in [-0.05, 0) is 37.8 Å². The zero-order valence-electron chi connectivity index (χ0n) is 24.3. The molecule has 0 atom stereocenters. The van der Waals surface area contributed by atoms with Crippen LogP contribution in [0.3, 0.4) is 0 Å². The number of Topliss-reactive ketones (excluding diaryl/α,β-unsaturated/α-hetero) is 1. The van der Waals surface area contributed by atoms with E-state index in [0.29, 0.717) is 56.1 Å². The Bertz CT molecular complexity index is 1040. The predicted octanol–water partition coefficient (Wildman–Crippen LogP) is 2.57. The number of rotatable bonds is 13. The molecule has 3 aliphatic heterocycles. The summed E-state index contributed by atoms with van der Waals surface area (Å²) in [5.74, 6) is 1.03. The number of carbonyl (C=O) groups is 2. The quantitative estimate of drug-likeness (QED) is 0.265. The van der Waals surface area contributed by atoms with Gasteiger partial charge in [0.25, 0.3) is 0 Å². The van der Waals surface area contributed by atoms with E-state index < -0.39 is 0 Å². The molecule has 3 heterocycles. The number of nitrogens with zero attached hydrogens (tertiary/aromatic N) is 2. The SMILES string of the molecule is COc1c(C)c2c(c(OCCN3CCOCC3)c1C/C=C(\C)CCC(=O)OCCN1CCOCC1)C(=O)COC2. The molecule has 0 N–H and O–H groups in total. The second-order valence-electron chi connectivity index (χ2n) is 10.5. The van der Waals surface area contributed by atoms with Crippen molar-refractivity contribution in [3.8, 4) is 11.5 Å². The Morgan fingerprint density at radius 2 is 1.55 bits per heavy atom. The Morgan fingerprint density at radius 1 is 0.900 bits per heavy atom. The van der Waals surface area contributed by atoms with Gasteiger partial charge in [0.05, 0.1) is 45.7 Å². The van der Waals surface area contributed by atoms with Gasteiger partial charge in [0.2, 0.25) is 0 Å². The molecule has 2 saturated heterocycles. The monoisotopic (exact) mass is 560 g/mol. The van der Waals surface area contributed by atoms with Crippen molar-refractivity contribution in [2.75, 3.05) is 92.6 Å². The molecule has 0 unspecified atom stereocenters. The van der Waals surface area contributed by atoms with Crippen molar-refractivity contribution in [3.63, 3.8) is 0 Å². The summed E-state index contributed by atoms with van der Waals surface area (Å²) >= 11 is 0. The van der Waals surface area contributed by atoms with Crippen molar-refractivity contribution in [2.45, 2.75) is 39.7 Å². The van der Waals surface area contributed by atoms with Crippen LogP contribution in [0.4, 0.5) is 0 Å². The van der Waals surface area contributed by atoms with Crippen LogP contribution in [0.25, 0.3) is 0 Å². The van der Waals surface area contributed by atoms with Crippen LogP contribution in [0.2, 0.25) is 0 Å². The molecule has 222 valence electrons.